The van der Waals surface area contributed by atoms with Crippen LogP contribution in [0.5, 0.6) is 0 Å². The third-order valence-corrected chi connectivity index (χ3v) is 4.45. The molecule has 2 aromatic rings. The normalized spacial score (nSPS) is 11.3. The van der Waals surface area contributed by atoms with Gasteiger partial charge in [-0.1, -0.05) is 23.7 Å². The predicted molar refractivity (Wildman–Crippen MR) is 77.9 cm³/mol. The first-order chi connectivity index (χ1) is 8.90. The number of nitrogens with two attached hydrogens (primary N) is 1. The van der Waals surface area contributed by atoms with Crippen molar-refractivity contribution in [2.24, 2.45) is 0 Å². The monoisotopic (exact) mass is 296 g/mol. The van der Waals surface area contributed by atoms with Gasteiger partial charge in [-0.15, -0.1) is 0 Å². The van der Waals surface area contributed by atoms with E-state index in [1.54, 1.807) is 37.3 Å². The Morgan fingerprint density at radius 2 is 1.84 bits per heavy atom. The van der Waals surface area contributed by atoms with Gasteiger partial charge in [0.25, 0.3) is 10.0 Å². The molecule has 19 heavy (non-hydrogen) atoms. The quantitative estimate of drug-likeness (QED) is 0.855. The van der Waals surface area contributed by atoms with Gasteiger partial charge in [-0.3, -0.25) is 4.72 Å². The topological polar surface area (TPSA) is 72.2 Å². The van der Waals surface area contributed by atoms with Gasteiger partial charge in [0, 0.05) is 10.7 Å². The summed E-state index contributed by atoms with van der Waals surface area (Å²) in [6, 6.07) is 11.2. The van der Waals surface area contributed by atoms with E-state index in [0.717, 1.165) is 0 Å². The van der Waals surface area contributed by atoms with Gasteiger partial charge >= 0.3 is 0 Å². The second-order valence-electron chi connectivity index (χ2n) is 4.09. The maximum Gasteiger partial charge on any atom is 0.261 e. The maximum absolute atomic E-state index is 12.2. The summed E-state index contributed by atoms with van der Waals surface area (Å²) in [7, 11) is -3.66. The van der Waals surface area contributed by atoms with Crippen LogP contribution in [0.1, 0.15) is 5.56 Å². The second kappa shape index (κ2) is 5.11. The van der Waals surface area contributed by atoms with Crippen molar-refractivity contribution in [3.05, 3.63) is 53.1 Å². The van der Waals surface area contributed by atoms with Crippen molar-refractivity contribution in [2.75, 3.05) is 10.5 Å². The van der Waals surface area contributed by atoms with Gasteiger partial charge in [-0.25, -0.2) is 8.42 Å². The minimum atomic E-state index is -3.66. The molecule has 0 aromatic heterocycles. The zero-order valence-electron chi connectivity index (χ0n) is 10.2. The summed E-state index contributed by atoms with van der Waals surface area (Å²) in [5.74, 6) is 0. The number of hydrogen-bond donors (Lipinski definition) is 2. The minimum Gasteiger partial charge on any atom is -0.399 e. The van der Waals surface area contributed by atoms with Crippen LogP contribution in [0.25, 0.3) is 0 Å². The Bertz CT molecular complexity index is 714. The van der Waals surface area contributed by atoms with Crippen LogP contribution in [-0.2, 0) is 10.0 Å². The summed E-state index contributed by atoms with van der Waals surface area (Å²) in [4.78, 5) is 0.117. The van der Waals surface area contributed by atoms with Crippen LogP contribution in [0.4, 0.5) is 11.4 Å². The molecule has 0 amide bonds. The first kappa shape index (κ1) is 13.7. The average molecular weight is 297 g/mol. The molecule has 0 fully saturated rings. The van der Waals surface area contributed by atoms with E-state index in [0.29, 0.717) is 22.0 Å². The van der Waals surface area contributed by atoms with Gasteiger partial charge in [0.15, 0.2) is 0 Å². The number of sulfonamides is 1. The molecule has 2 rings (SSSR count). The lowest BCUT2D eigenvalue weighted by atomic mass is 10.2. The van der Waals surface area contributed by atoms with E-state index in [1.165, 1.54) is 12.1 Å². The summed E-state index contributed by atoms with van der Waals surface area (Å²) in [6.45, 7) is 1.75. The zero-order valence-corrected chi connectivity index (χ0v) is 11.8. The molecule has 100 valence electrons. The summed E-state index contributed by atoms with van der Waals surface area (Å²) < 4.78 is 26.9. The Balaban J connectivity index is 2.39. The van der Waals surface area contributed by atoms with E-state index >= 15 is 0 Å². The summed E-state index contributed by atoms with van der Waals surface area (Å²) in [5.41, 5.74) is 7.11. The smallest absolute Gasteiger partial charge is 0.261 e. The number of rotatable bonds is 3. The average Bonchev–Trinajstić information content (AvgIpc) is 2.35. The second-order valence-corrected chi connectivity index (χ2v) is 6.18. The molecule has 0 aliphatic carbocycles. The molecule has 0 saturated carbocycles. The molecule has 0 atom stereocenters. The first-order valence-electron chi connectivity index (χ1n) is 5.53. The zero-order chi connectivity index (χ0) is 14.0. The fourth-order valence-corrected chi connectivity index (χ4v) is 2.96. The van der Waals surface area contributed by atoms with Crippen LogP contribution in [0, 0.1) is 6.92 Å². The fraction of sp³-hybridized carbons (Fsp3) is 0.0769. The highest BCUT2D eigenvalue weighted by Gasteiger charge is 2.15. The van der Waals surface area contributed by atoms with Crippen molar-refractivity contribution in [1.82, 2.24) is 0 Å². The Kier molecular flexibility index (Phi) is 3.68. The van der Waals surface area contributed by atoms with Gasteiger partial charge in [-0.05, 0) is 42.8 Å². The van der Waals surface area contributed by atoms with Crippen LogP contribution < -0.4 is 10.5 Å². The fourth-order valence-electron chi connectivity index (χ4n) is 1.60. The molecule has 3 N–H and O–H groups in total. The molecular weight excluding hydrogens is 284 g/mol. The molecule has 6 heteroatoms. The van der Waals surface area contributed by atoms with Crippen LogP contribution in [-0.4, -0.2) is 8.42 Å². The summed E-state index contributed by atoms with van der Waals surface area (Å²) >= 11 is 5.96. The van der Waals surface area contributed by atoms with E-state index in [4.69, 9.17) is 17.3 Å². The van der Waals surface area contributed by atoms with E-state index in [9.17, 15) is 8.42 Å². The number of benzene rings is 2. The van der Waals surface area contributed by atoms with Crippen molar-refractivity contribution in [2.45, 2.75) is 11.8 Å². The largest absolute Gasteiger partial charge is 0.399 e. The number of anilines is 2. The molecular formula is C13H13ClN2O2S. The molecule has 0 spiro atoms. The van der Waals surface area contributed by atoms with Crippen molar-refractivity contribution < 1.29 is 8.42 Å². The Morgan fingerprint density at radius 3 is 2.53 bits per heavy atom. The predicted octanol–water partition coefficient (Wildman–Crippen LogP) is 3.03. The van der Waals surface area contributed by atoms with Crippen molar-refractivity contribution >= 4 is 33.0 Å². The third-order valence-electron chi connectivity index (χ3n) is 2.68. The number of hydrogen-bond acceptors (Lipinski definition) is 3. The standard InChI is InChI=1S/C13H13ClN2O2S/c1-9-12(14)6-3-7-13(9)16-19(17,18)11-5-2-4-10(15)8-11/h2-8,16H,15H2,1H3. The van der Waals surface area contributed by atoms with Crippen LogP contribution >= 0.6 is 11.6 Å². The molecule has 0 aliphatic heterocycles. The van der Waals surface area contributed by atoms with Gasteiger partial charge in [0.2, 0.25) is 0 Å². The number of halogens is 1. The van der Waals surface area contributed by atoms with Gasteiger partial charge in [0.05, 0.1) is 10.6 Å². The third kappa shape index (κ3) is 3.00. The minimum absolute atomic E-state index is 0.117. The highest BCUT2D eigenvalue weighted by atomic mass is 35.5. The highest BCUT2D eigenvalue weighted by Crippen LogP contribution is 2.25. The summed E-state index contributed by atoms with van der Waals surface area (Å²) in [5, 5.41) is 0.507. The van der Waals surface area contributed by atoms with Crippen LogP contribution in [0.3, 0.4) is 0 Å². The lowest BCUT2D eigenvalue weighted by Gasteiger charge is -2.11. The molecule has 0 saturated heterocycles. The number of nitrogen functional groups attached to an aromatic ring is 1. The van der Waals surface area contributed by atoms with Crippen LogP contribution in [0.15, 0.2) is 47.4 Å². The lowest BCUT2D eigenvalue weighted by Crippen LogP contribution is -2.14. The van der Waals surface area contributed by atoms with Crippen molar-refractivity contribution in [3.8, 4) is 0 Å². The molecule has 0 bridgehead atoms. The first-order valence-corrected chi connectivity index (χ1v) is 7.40. The van der Waals surface area contributed by atoms with E-state index in [2.05, 4.69) is 4.72 Å². The molecule has 0 heterocycles. The van der Waals surface area contributed by atoms with Gasteiger partial charge in [-0.2, -0.15) is 0 Å². The Morgan fingerprint density at radius 1 is 1.16 bits per heavy atom. The molecule has 0 unspecified atom stereocenters. The SMILES string of the molecule is Cc1c(Cl)cccc1NS(=O)(=O)c1cccc(N)c1. The van der Waals surface area contributed by atoms with E-state index < -0.39 is 10.0 Å². The van der Waals surface area contributed by atoms with Gasteiger partial charge in [0.1, 0.15) is 0 Å². The molecule has 2 aromatic carbocycles. The molecule has 0 aliphatic rings. The number of nitrogens with one attached hydrogen (secondary N) is 1. The van der Waals surface area contributed by atoms with Crippen LogP contribution in [0.2, 0.25) is 5.02 Å². The van der Waals surface area contributed by atoms with E-state index in [1.807, 2.05) is 0 Å². The molecule has 4 nitrogen and oxygen atoms in total. The summed E-state index contributed by atoms with van der Waals surface area (Å²) in [6.07, 6.45) is 0. The van der Waals surface area contributed by atoms with Gasteiger partial charge < -0.3 is 5.73 Å². The maximum atomic E-state index is 12.2. The van der Waals surface area contributed by atoms with Crippen molar-refractivity contribution in [1.29, 1.82) is 0 Å². The van der Waals surface area contributed by atoms with Crippen molar-refractivity contribution in [3.63, 3.8) is 0 Å². The lowest BCUT2D eigenvalue weighted by molar-refractivity contribution is 0.601. The highest BCUT2D eigenvalue weighted by molar-refractivity contribution is 7.92. The molecule has 0 radical (unpaired) electrons. The van der Waals surface area contributed by atoms with E-state index in [-0.39, 0.29) is 4.90 Å². The Labute approximate surface area is 117 Å². The Hall–Kier alpha value is -1.72.